The van der Waals surface area contributed by atoms with Crippen molar-refractivity contribution in [2.24, 2.45) is 5.92 Å². The minimum atomic E-state index is -0.568. The smallest absolute Gasteiger partial charge is 0.271 e. The molecular weight excluding hydrogens is 386 g/mol. The number of carbonyl (C=O) groups is 2. The highest BCUT2D eigenvalue weighted by Crippen LogP contribution is 2.28. The van der Waals surface area contributed by atoms with Crippen LogP contribution >= 0.6 is 11.6 Å². The number of methoxy groups -OCH3 is 1. The van der Waals surface area contributed by atoms with Crippen LogP contribution in [-0.4, -0.2) is 35.3 Å². The van der Waals surface area contributed by atoms with Gasteiger partial charge in [0.15, 0.2) is 0 Å². The molecule has 0 spiro atoms. The number of halogens is 1. The second kappa shape index (κ2) is 8.26. The summed E-state index contributed by atoms with van der Waals surface area (Å²) in [5, 5.41) is 13.7. The zero-order chi connectivity index (χ0) is 20.3. The molecule has 8 nitrogen and oxygen atoms in total. The van der Waals surface area contributed by atoms with Crippen molar-refractivity contribution in [2.45, 2.75) is 13.0 Å². The number of anilines is 1. The van der Waals surface area contributed by atoms with Crippen LogP contribution in [0.15, 0.2) is 42.5 Å². The molecule has 1 unspecified atom stereocenters. The Morgan fingerprint density at radius 1 is 1.32 bits per heavy atom. The summed E-state index contributed by atoms with van der Waals surface area (Å²) < 4.78 is 5.11. The molecule has 2 aromatic rings. The number of hydrogen-bond donors (Lipinski definition) is 1. The van der Waals surface area contributed by atoms with Crippen molar-refractivity contribution in [1.29, 1.82) is 0 Å². The molecule has 28 heavy (non-hydrogen) atoms. The molecule has 0 radical (unpaired) electrons. The number of amides is 2. The van der Waals surface area contributed by atoms with Crippen molar-refractivity contribution in [2.75, 3.05) is 19.0 Å². The standard InChI is InChI=1S/C19H18ClN3O5/c1-28-15-5-2-12(3-6-15)10-22-11-13(8-18(22)24)19(25)21-17-9-14(23(26)27)4-7-16(17)20/h2-7,9,13H,8,10-11H2,1H3,(H,21,25). The summed E-state index contributed by atoms with van der Waals surface area (Å²) >= 11 is 6.02. The van der Waals surface area contributed by atoms with E-state index in [2.05, 4.69) is 5.32 Å². The van der Waals surface area contributed by atoms with Gasteiger partial charge in [0, 0.05) is 31.6 Å². The van der Waals surface area contributed by atoms with Crippen LogP contribution in [0.1, 0.15) is 12.0 Å². The first-order valence-corrected chi connectivity index (χ1v) is 8.90. The molecular formula is C19H18ClN3O5. The second-order valence-corrected chi connectivity index (χ2v) is 6.84. The Morgan fingerprint density at radius 2 is 2.04 bits per heavy atom. The lowest BCUT2D eigenvalue weighted by Gasteiger charge is -2.17. The molecule has 1 saturated heterocycles. The van der Waals surface area contributed by atoms with E-state index in [1.165, 1.54) is 18.2 Å². The van der Waals surface area contributed by atoms with Crippen LogP contribution in [0.25, 0.3) is 0 Å². The zero-order valence-corrected chi connectivity index (χ0v) is 15.8. The molecule has 0 aliphatic carbocycles. The van der Waals surface area contributed by atoms with Crippen molar-refractivity contribution in [1.82, 2.24) is 4.90 Å². The molecule has 0 bridgehead atoms. The van der Waals surface area contributed by atoms with Crippen molar-refractivity contribution in [3.05, 3.63) is 63.2 Å². The maximum atomic E-state index is 12.5. The van der Waals surface area contributed by atoms with Gasteiger partial charge in [-0.05, 0) is 23.8 Å². The Labute approximate surface area is 166 Å². The minimum Gasteiger partial charge on any atom is -0.497 e. The summed E-state index contributed by atoms with van der Waals surface area (Å²) in [6, 6.07) is 11.2. The van der Waals surface area contributed by atoms with Gasteiger partial charge in [-0.25, -0.2) is 0 Å². The largest absolute Gasteiger partial charge is 0.497 e. The Kier molecular flexibility index (Phi) is 5.79. The predicted octanol–water partition coefficient (Wildman–Crippen LogP) is 3.24. The van der Waals surface area contributed by atoms with E-state index in [4.69, 9.17) is 16.3 Å². The Balaban J connectivity index is 1.65. The number of nitro benzene ring substituents is 1. The minimum absolute atomic E-state index is 0.0779. The fourth-order valence-corrected chi connectivity index (χ4v) is 3.17. The van der Waals surface area contributed by atoms with Gasteiger partial charge in [0.05, 0.1) is 28.7 Å². The number of ether oxygens (including phenoxy) is 1. The fraction of sp³-hybridized carbons (Fsp3) is 0.263. The summed E-state index contributed by atoms with van der Waals surface area (Å²) in [6.45, 7) is 0.660. The number of likely N-dealkylation sites (tertiary alicyclic amines) is 1. The average molecular weight is 404 g/mol. The molecule has 1 heterocycles. The number of benzene rings is 2. The first kappa shape index (κ1) is 19.6. The van der Waals surface area contributed by atoms with E-state index < -0.39 is 16.7 Å². The van der Waals surface area contributed by atoms with Crippen LogP contribution in [0, 0.1) is 16.0 Å². The van der Waals surface area contributed by atoms with Crippen LogP contribution < -0.4 is 10.1 Å². The van der Waals surface area contributed by atoms with Crippen LogP contribution in [0.4, 0.5) is 11.4 Å². The highest BCUT2D eigenvalue weighted by Gasteiger charge is 2.34. The Bertz CT molecular complexity index is 916. The van der Waals surface area contributed by atoms with Gasteiger partial charge in [0.1, 0.15) is 5.75 Å². The molecule has 1 fully saturated rings. The monoisotopic (exact) mass is 403 g/mol. The third-order valence-electron chi connectivity index (χ3n) is 4.54. The van der Waals surface area contributed by atoms with Gasteiger partial charge in [0.2, 0.25) is 11.8 Å². The molecule has 3 rings (SSSR count). The molecule has 1 aliphatic rings. The van der Waals surface area contributed by atoms with E-state index >= 15 is 0 Å². The van der Waals surface area contributed by atoms with Gasteiger partial charge >= 0.3 is 0 Å². The third-order valence-corrected chi connectivity index (χ3v) is 4.87. The lowest BCUT2D eigenvalue weighted by Crippen LogP contribution is -2.28. The molecule has 2 aromatic carbocycles. The van der Waals surface area contributed by atoms with Gasteiger partial charge in [0.25, 0.3) is 5.69 Å². The summed E-state index contributed by atoms with van der Waals surface area (Å²) in [7, 11) is 1.58. The molecule has 9 heteroatoms. The molecule has 1 aliphatic heterocycles. The van der Waals surface area contributed by atoms with E-state index in [9.17, 15) is 19.7 Å². The SMILES string of the molecule is COc1ccc(CN2CC(C(=O)Nc3cc([N+](=O)[O-])ccc3Cl)CC2=O)cc1. The topological polar surface area (TPSA) is 102 Å². The molecule has 0 saturated carbocycles. The van der Waals surface area contributed by atoms with E-state index in [0.717, 1.165) is 11.3 Å². The maximum absolute atomic E-state index is 12.5. The number of nitro groups is 1. The molecule has 146 valence electrons. The number of rotatable bonds is 6. The van der Waals surface area contributed by atoms with Crippen molar-refractivity contribution in [3.63, 3.8) is 0 Å². The molecule has 0 aromatic heterocycles. The number of nitrogens with zero attached hydrogens (tertiary/aromatic N) is 2. The number of nitrogens with one attached hydrogen (secondary N) is 1. The maximum Gasteiger partial charge on any atom is 0.271 e. The van der Waals surface area contributed by atoms with Crippen LogP contribution in [0.5, 0.6) is 5.75 Å². The first-order valence-electron chi connectivity index (χ1n) is 8.53. The fourth-order valence-electron chi connectivity index (χ4n) is 3.01. The van der Waals surface area contributed by atoms with Gasteiger partial charge < -0.3 is 15.0 Å². The van der Waals surface area contributed by atoms with Crippen molar-refractivity contribution >= 4 is 34.8 Å². The summed E-state index contributed by atoms with van der Waals surface area (Å²) in [5.74, 6) is -0.349. The van der Waals surface area contributed by atoms with E-state index in [-0.39, 0.29) is 35.3 Å². The van der Waals surface area contributed by atoms with Gasteiger partial charge in [-0.15, -0.1) is 0 Å². The number of hydrogen-bond acceptors (Lipinski definition) is 5. The van der Waals surface area contributed by atoms with Gasteiger partial charge in [-0.2, -0.15) is 0 Å². The predicted molar refractivity (Wildman–Crippen MR) is 103 cm³/mol. The molecule has 1 N–H and O–H groups in total. The normalized spacial score (nSPS) is 16.1. The lowest BCUT2D eigenvalue weighted by molar-refractivity contribution is -0.384. The zero-order valence-electron chi connectivity index (χ0n) is 15.1. The average Bonchev–Trinajstić information content (AvgIpc) is 3.04. The highest BCUT2D eigenvalue weighted by molar-refractivity contribution is 6.33. The molecule has 1 atom stereocenters. The summed E-state index contributed by atoms with van der Waals surface area (Å²) in [5.41, 5.74) is 0.905. The lowest BCUT2D eigenvalue weighted by atomic mass is 10.1. The van der Waals surface area contributed by atoms with E-state index in [0.29, 0.717) is 6.54 Å². The number of carbonyl (C=O) groups excluding carboxylic acids is 2. The van der Waals surface area contributed by atoms with Crippen LogP contribution in [0.3, 0.4) is 0 Å². The Morgan fingerprint density at radius 3 is 2.68 bits per heavy atom. The third kappa shape index (κ3) is 4.40. The summed E-state index contributed by atoms with van der Waals surface area (Å²) in [6.07, 6.45) is 0.0779. The van der Waals surface area contributed by atoms with Gasteiger partial charge in [-0.3, -0.25) is 19.7 Å². The highest BCUT2D eigenvalue weighted by atomic mass is 35.5. The summed E-state index contributed by atoms with van der Waals surface area (Å²) in [4.78, 5) is 36.8. The number of non-ortho nitro benzene ring substituents is 1. The second-order valence-electron chi connectivity index (χ2n) is 6.43. The van der Waals surface area contributed by atoms with Crippen molar-refractivity contribution < 1.29 is 19.2 Å². The van der Waals surface area contributed by atoms with E-state index in [1.807, 2.05) is 24.3 Å². The quantitative estimate of drug-likeness (QED) is 0.589. The first-order chi connectivity index (χ1) is 13.4. The van der Waals surface area contributed by atoms with Gasteiger partial charge in [-0.1, -0.05) is 23.7 Å². The van der Waals surface area contributed by atoms with E-state index in [1.54, 1.807) is 12.0 Å². The van der Waals surface area contributed by atoms with Crippen LogP contribution in [-0.2, 0) is 16.1 Å². The Hall–Kier alpha value is -3.13. The van der Waals surface area contributed by atoms with Crippen LogP contribution in [0.2, 0.25) is 5.02 Å². The van der Waals surface area contributed by atoms with Crippen molar-refractivity contribution in [3.8, 4) is 5.75 Å². The molecule has 2 amide bonds.